The molecule has 0 unspecified atom stereocenters. The molecule has 2 rings (SSSR count). The quantitative estimate of drug-likeness (QED) is 0.845. The molecule has 5 heteroatoms. The summed E-state index contributed by atoms with van der Waals surface area (Å²) in [5, 5.41) is 0. The van der Waals surface area contributed by atoms with Gasteiger partial charge in [-0.3, -0.25) is 14.3 Å². The second kappa shape index (κ2) is 4.29. The maximum Gasteiger partial charge on any atom is 0.330 e. The molecule has 0 amide bonds. The molecule has 1 aromatic heterocycles. The fourth-order valence-corrected chi connectivity index (χ4v) is 1.32. The van der Waals surface area contributed by atoms with E-state index in [4.69, 9.17) is 4.74 Å². The van der Waals surface area contributed by atoms with E-state index in [9.17, 15) is 9.59 Å². The summed E-state index contributed by atoms with van der Waals surface area (Å²) in [4.78, 5) is 25.2. The van der Waals surface area contributed by atoms with E-state index in [-0.39, 0.29) is 5.88 Å². The molecule has 0 aliphatic rings. The highest BCUT2D eigenvalue weighted by Gasteiger charge is 2.02. The number of aryl methyl sites for hydroxylation is 1. The maximum atomic E-state index is 11.4. The van der Waals surface area contributed by atoms with Crippen molar-refractivity contribution in [2.24, 2.45) is 7.05 Å². The molecule has 0 aliphatic heterocycles. The van der Waals surface area contributed by atoms with Crippen LogP contribution in [0.3, 0.4) is 0 Å². The summed E-state index contributed by atoms with van der Waals surface area (Å²) < 4.78 is 6.36. The predicted octanol–water partition coefficient (Wildman–Crippen LogP) is 1.17. The van der Waals surface area contributed by atoms with Crippen LogP contribution in [0.15, 0.2) is 39.9 Å². The van der Waals surface area contributed by atoms with Gasteiger partial charge in [0.1, 0.15) is 5.75 Å². The lowest BCUT2D eigenvalue weighted by Gasteiger charge is -2.05. The van der Waals surface area contributed by atoms with Gasteiger partial charge >= 0.3 is 5.69 Å². The van der Waals surface area contributed by atoms with E-state index in [2.05, 4.69) is 4.98 Å². The van der Waals surface area contributed by atoms with Crippen LogP contribution >= 0.6 is 0 Å². The Morgan fingerprint density at radius 2 is 1.82 bits per heavy atom. The Balaban J connectivity index is 2.34. The van der Waals surface area contributed by atoms with Gasteiger partial charge in [-0.05, 0) is 19.1 Å². The van der Waals surface area contributed by atoms with Gasteiger partial charge in [-0.2, -0.15) is 0 Å². The molecule has 17 heavy (non-hydrogen) atoms. The lowest BCUT2D eigenvalue weighted by molar-refractivity contribution is 0.454. The summed E-state index contributed by atoms with van der Waals surface area (Å²) in [6, 6.07) is 8.54. The van der Waals surface area contributed by atoms with Gasteiger partial charge in [-0.25, -0.2) is 4.79 Å². The lowest BCUT2D eigenvalue weighted by atomic mass is 10.2. The Kier molecular flexibility index (Phi) is 2.82. The number of nitrogens with zero attached hydrogens (tertiary/aromatic N) is 1. The molecule has 0 bridgehead atoms. The largest absolute Gasteiger partial charge is 0.441 e. The monoisotopic (exact) mass is 232 g/mol. The van der Waals surface area contributed by atoms with Gasteiger partial charge in [0.2, 0.25) is 5.88 Å². The van der Waals surface area contributed by atoms with Crippen molar-refractivity contribution < 1.29 is 4.74 Å². The third-order valence-electron chi connectivity index (χ3n) is 2.37. The molecule has 0 aliphatic carbocycles. The zero-order valence-electron chi connectivity index (χ0n) is 9.56. The first-order valence-corrected chi connectivity index (χ1v) is 5.11. The van der Waals surface area contributed by atoms with Crippen LogP contribution in [-0.4, -0.2) is 9.55 Å². The molecule has 0 fully saturated rings. The van der Waals surface area contributed by atoms with Crippen molar-refractivity contribution in [3.8, 4) is 11.6 Å². The van der Waals surface area contributed by atoms with Crippen LogP contribution in [0.2, 0.25) is 0 Å². The summed E-state index contributed by atoms with van der Waals surface area (Å²) in [5.41, 5.74) is 0.199. The van der Waals surface area contributed by atoms with E-state index in [1.165, 1.54) is 13.1 Å². The van der Waals surface area contributed by atoms with Crippen LogP contribution in [0.5, 0.6) is 11.6 Å². The van der Waals surface area contributed by atoms with E-state index < -0.39 is 11.2 Å². The molecule has 0 atom stereocenters. The molecular formula is C12H12N2O3. The SMILES string of the molecule is Cc1ccc(Oc2cc(=O)n(C)c(=O)[nH]2)cc1. The maximum absolute atomic E-state index is 11.4. The average Bonchev–Trinajstić information content (AvgIpc) is 2.29. The lowest BCUT2D eigenvalue weighted by Crippen LogP contribution is -2.31. The van der Waals surface area contributed by atoms with Gasteiger partial charge < -0.3 is 4.74 Å². The molecule has 1 heterocycles. The summed E-state index contributed by atoms with van der Waals surface area (Å²) in [7, 11) is 1.40. The summed E-state index contributed by atoms with van der Waals surface area (Å²) in [5.74, 6) is 0.710. The number of hydrogen-bond acceptors (Lipinski definition) is 3. The van der Waals surface area contributed by atoms with Gasteiger partial charge in [0.15, 0.2) is 0 Å². The first-order chi connectivity index (χ1) is 8.06. The summed E-state index contributed by atoms with van der Waals surface area (Å²) in [6.45, 7) is 1.96. The van der Waals surface area contributed by atoms with Crippen LogP contribution in [0, 0.1) is 6.92 Å². The van der Waals surface area contributed by atoms with Crippen molar-refractivity contribution in [2.45, 2.75) is 6.92 Å². The minimum atomic E-state index is -0.500. The van der Waals surface area contributed by atoms with Crippen molar-refractivity contribution in [3.63, 3.8) is 0 Å². The smallest absolute Gasteiger partial charge is 0.330 e. The van der Waals surface area contributed by atoms with E-state index in [0.717, 1.165) is 10.1 Å². The number of H-pyrrole nitrogens is 1. The molecule has 0 radical (unpaired) electrons. The summed E-state index contributed by atoms with van der Waals surface area (Å²) >= 11 is 0. The van der Waals surface area contributed by atoms with Gasteiger partial charge in [0.25, 0.3) is 5.56 Å². The van der Waals surface area contributed by atoms with Crippen LogP contribution in [0.4, 0.5) is 0 Å². The second-order valence-electron chi connectivity index (χ2n) is 3.75. The number of nitrogens with one attached hydrogen (secondary N) is 1. The second-order valence-corrected chi connectivity index (χ2v) is 3.75. The molecule has 2 aromatic rings. The Bertz CT molecular complexity index is 607. The molecule has 5 nitrogen and oxygen atoms in total. The molecule has 88 valence electrons. The van der Waals surface area contributed by atoms with Crippen molar-refractivity contribution >= 4 is 0 Å². The Morgan fingerprint density at radius 1 is 1.18 bits per heavy atom. The molecule has 1 N–H and O–H groups in total. The number of benzene rings is 1. The normalized spacial score (nSPS) is 10.2. The van der Waals surface area contributed by atoms with Crippen molar-refractivity contribution in [1.82, 2.24) is 9.55 Å². The van der Waals surface area contributed by atoms with Gasteiger partial charge in [0.05, 0.1) is 6.07 Å². The standard InChI is InChI=1S/C12H12N2O3/c1-8-3-5-9(6-4-8)17-10-7-11(15)14(2)12(16)13-10/h3-7H,1-2H3,(H,13,16). The highest BCUT2D eigenvalue weighted by atomic mass is 16.5. The fourth-order valence-electron chi connectivity index (χ4n) is 1.32. The number of ether oxygens (including phenoxy) is 1. The third-order valence-corrected chi connectivity index (χ3v) is 2.37. The zero-order valence-corrected chi connectivity index (χ0v) is 9.56. The number of aromatic nitrogens is 2. The molecule has 1 aromatic carbocycles. The highest BCUT2D eigenvalue weighted by Crippen LogP contribution is 2.17. The zero-order chi connectivity index (χ0) is 12.4. The predicted molar refractivity (Wildman–Crippen MR) is 63.6 cm³/mol. The Morgan fingerprint density at radius 3 is 2.41 bits per heavy atom. The Hall–Kier alpha value is -2.30. The van der Waals surface area contributed by atoms with E-state index in [1.54, 1.807) is 12.1 Å². The summed E-state index contributed by atoms with van der Waals surface area (Å²) in [6.07, 6.45) is 0. The number of rotatable bonds is 2. The first-order valence-electron chi connectivity index (χ1n) is 5.11. The third kappa shape index (κ3) is 2.44. The molecule has 0 spiro atoms. The van der Waals surface area contributed by atoms with Gasteiger partial charge in [-0.1, -0.05) is 17.7 Å². The van der Waals surface area contributed by atoms with Crippen molar-refractivity contribution in [3.05, 3.63) is 56.7 Å². The molecule has 0 saturated carbocycles. The van der Waals surface area contributed by atoms with E-state index in [1.807, 2.05) is 19.1 Å². The van der Waals surface area contributed by atoms with Gasteiger partial charge in [-0.15, -0.1) is 0 Å². The van der Waals surface area contributed by atoms with Crippen LogP contribution < -0.4 is 16.0 Å². The van der Waals surface area contributed by atoms with E-state index in [0.29, 0.717) is 5.75 Å². The molecule has 0 saturated heterocycles. The number of aromatic amines is 1. The fraction of sp³-hybridized carbons (Fsp3) is 0.167. The minimum Gasteiger partial charge on any atom is -0.441 e. The van der Waals surface area contributed by atoms with Crippen LogP contribution in [-0.2, 0) is 7.05 Å². The first kappa shape index (κ1) is 11.2. The highest BCUT2D eigenvalue weighted by molar-refractivity contribution is 5.29. The van der Waals surface area contributed by atoms with Gasteiger partial charge in [0, 0.05) is 7.05 Å². The van der Waals surface area contributed by atoms with E-state index >= 15 is 0 Å². The van der Waals surface area contributed by atoms with Crippen LogP contribution in [0.1, 0.15) is 5.56 Å². The average molecular weight is 232 g/mol. The number of hydrogen-bond donors (Lipinski definition) is 1. The van der Waals surface area contributed by atoms with Crippen molar-refractivity contribution in [1.29, 1.82) is 0 Å². The van der Waals surface area contributed by atoms with Crippen LogP contribution in [0.25, 0.3) is 0 Å². The molecular weight excluding hydrogens is 220 g/mol. The Labute approximate surface area is 97.3 Å². The topological polar surface area (TPSA) is 64.1 Å². The minimum absolute atomic E-state index is 0.141. The van der Waals surface area contributed by atoms with Crippen molar-refractivity contribution in [2.75, 3.05) is 0 Å².